The highest BCUT2D eigenvalue weighted by atomic mass is 16.5. The molecule has 0 unspecified atom stereocenters. The van der Waals surface area contributed by atoms with Gasteiger partial charge >= 0.3 is 12.0 Å². The predicted octanol–water partition coefficient (Wildman–Crippen LogP) is 3.86. The molecule has 2 aromatic heterocycles. The van der Waals surface area contributed by atoms with Crippen LogP contribution in [-0.2, 0) is 6.54 Å². The molecule has 0 aliphatic heterocycles. The van der Waals surface area contributed by atoms with Crippen LogP contribution in [0.25, 0.3) is 0 Å². The summed E-state index contributed by atoms with van der Waals surface area (Å²) in [5, 5.41) is 2.96. The lowest BCUT2D eigenvalue weighted by atomic mass is 10.2. The monoisotopic (exact) mass is 361 g/mol. The molecule has 1 fully saturated rings. The summed E-state index contributed by atoms with van der Waals surface area (Å²) in [6.07, 6.45) is 8.81. The number of rotatable bonds is 6. The summed E-state index contributed by atoms with van der Waals surface area (Å²) in [5.41, 5.74) is 1.78. The van der Waals surface area contributed by atoms with Crippen molar-refractivity contribution >= 4 is 11.7 Å². The number of nitrogens with one attached hydrogen (secondary N) is 1. The van der Waals surface area contributed by atoms with Gasteiger partial charge in [-0.05, 0) is 60.9 Å². The lowest BCUT2D eigenvalue weighted by Crippen LogP contribution is -2.36. The van der Waals surface area contributed by atoms with Crippen LogP contribution in [0.1, 0.15) is 18.4 Å². The minimum atomic E-state index is -0.102. The predicted molar refractivity (Wildman–Crippen MR) is 100 cm³/mol. The number of carbonyl (C=O) groups excluding carboxylic acids is 1. The van der Waals surface area contributed by atoms with Gasteiger partial charge in [-0.2, -0.15) is 0 Å². The van der Waals surface area contributed by atoms with E-state index in [4.69, 9.17) is 4.74 Å². The fourth-order valence-electron chi connectivity index (χ4n) is 2.68. The summed E-state index contributed by atoms with van der Waals surface area (Å²) in [7, 11) is 0. The fourth-order valence-corrected chi connectivity index (χ4v) is 2.68. The molecule has 7 nitrogen and oxygen atoms in total. The van der Waals surface area contributed by atoms with E-state index < -0.39 is 0 Å². The first-order chi connectivity index (χ1) is 13.3. The van der Waals surface area contributed by atoms with Crippen LogP contribution < -0.4 is 10.1 Å². The van der Waals surface area contributed by atoms with Crippen LogP contribution in [0.3, 0.4) is 0 Å². The van der Waals surface area contributed by atoms with Gasteiger partial charge in [0.25, 0.3) is 0 Å². The van der Waals surface area contributed by atoms with Crippen molar-refractivity contribution in [1.82, 2.24) is 19.9 Å². The van der Waals surface area contributed by atoms with Crippen LogP contribution in [0.2, 0.25) is 0 Å². The maximum absolute atomic E-state index is 12.7. The van der Waals surface area contributed by atoms with Crippen LogP contribution in [0.15, 0.2) is 67.3 Å². The lowest BCUT2D eigenvalue weighted by molar-refractivity contribution is 0.206. The van der Waals surface area contributed by atoms with E-state index in [0.717, 1.165) is 18.4 Å². The first-order valence-corrected chi connectivity index (χ1v) is 8.79. The summed E-state index contributed by atoms with van der Waals surface area (Å²) < 4.78 is 5.56. The Balaban J connectivity index is 1.39. The van der Waals surface area contributed by atoms with E-state index in [-0.39, 0.29) is 12.0 Å². The minimum absolute atomic E-state index is 0.102. The molecule has 136 valence electrons. The van der Waals surface area contributed by atoms with E-state index in [0.29, 0.717) is 24.0 Å². The zero-order valence-electron chi connectivity index (χ0n) is 14.7. The first kappa shape index (κ1) is 17.0. The van der Waals surface area contributed by atoms with Gasteiger partial charge in [0.2, 0.25) is 0 Å². The molecule has 0 bridgehead atoms. The molecule has 1 aliphatic carbocycles. The number of ether oxygens (including phenoxy) is 1. The average Bonchev–Trinajstić information content (AvgIpc) is 3.54. The van der Waals surface area contributed by atoms with Crippen molar-refractivity contribution in [2.45, 2.75) is 25.4 Å². The van der Waals surface area contributed by atoms with Crippen LogP contribution >= 0.6 is 0 Å². The Labute approximate surface area is 157 Å². The molecule has 0 atom stereocenters. The fraction of sp³-hybridized carbons (Fsp3) is 0.200. The van der Waals surface area contributed by atoms with Gasteiger partial charge in [0.15, 0.2) is 0 Å². The Hall–Kier alpha value is -3.48. The summed E-state index contributed by atoms with van der Waals surface area (Å²) >= 11 is 0. The first-order valence-electron chi connectivity index (χ1n) is 8.79. The Morgan fingerprint density at radius 2 is 1.74 bits per heavy atom. The molecule has 0 radical (unpaired) electrons. The van der Waals surface area contributed by atoms with Gasteiger partial charge in [0.1, 0.15) is 5.75 Å². The third-order valence-corrected chi connectivity index (χ3v) is 4.21. The molecule has 1 saturated carbocycles. The van der Waals surface area contributed by atoms with E-state index in [1.807, 2.05) is 17.0 Å². The normalized spacial score (nSPS) is 13.0. The molecule has 2 heterocycles. The van der Waals surface area contributed by atoms with Gasteiger partial charge in [0, 0.05) is 43.1 Å². The Kier molecular flexibility index (Phi) is 4.91. The number of aromatic nitrogens is 3. The molecule has 0 saturated heterocycles. The third kappa shape index (κ3) is 4.58. The molecular formula is C20H19N5O2. The Bertz CT molecular complexity index is 883. The number of hydrogen-bond acceptors (Lipinski definition) is 5. The second-order valence-corrected chi connectivity index (χ2v) is 6.30. The lowest BCUT2D eigenvalue weighted by Gasteiger charge is -2.23. The number of urea groups is 1. The van der Waals surface area contributed by atoms with Gasteiger partial charge in [-0.3, -0.25) is 4.98 Å². The summed E-state index contributed by atoms with van der Waals surface area (Å²) in [6, 6.07) is 13.2. The van der Waals surface area contributed by atoms with Gasteiger partial charge in [-0.1, -0.05) is 0 Å². The van der Waals surface area contributed by atoms with Crippen molar-refractivity contribution in [3.05, 3.63) is 72.8 Å². The molecule has 1 aliphatic rings. The Morgan fingerprint density at radius 3 is 2.41 bits per heavy atom. The number of hydrogen-bond donors (Lipinski definition) is 1. The zero-order chi connectivity index (χ0) is 18.5. The standard InChI is InChI=1S/C20H19N5O2/c26-20(25(17-4-5-17)14-15-8-12-21-13-9-15)24-16-2-6-18(7-3-16)27-19-22-10-1-11-23-19/h1-3,6-13,17H,4-5,14H2,(H,24,26). The van der Waals surface area contributed by atoms with Crippen molar-refractivity contribution in [1.29, 1.82) is 0 Å². The van der Waals surface area contributed by atoms with Crippen LogP contribution in [0, 0.1) is 0 Å². The highest BCUT2D eigenvalue weighted by Crippen LogP contribution is 2.29. The second-order valence-electron chi connectivity index (χ2n) is 6.30. The molecule has 4 rings (SSSR count). The maximum atomic E-state index is 12.7. The zero-order valence-corrected chi connectivity index (χ0v) is 14.7. The van der Waals surface area contributed by atoms with Crippen molar-refractivity contribution < 1.29 is 9.53 Å². The largest absolute Gasteiger partial charge is 0.424 e. The summed E-state index contributed by atoms with van der Waals surface area (Å²) in [4.78, 5) is 26.7. The highest BCUT2D eigenvalue weighted by Gasteiger charge is 2.32. The number of carbonyl (C=O) groups is 1. The van der Waals surface area contributed by atoms with Gasteiger partial charge in [0.05, 0.1) is 0 Å². The second kappa shape index (κ2) is 7.82. The van der Waals surface area contributed by atoms with Gasteiger partial charge in [-0.25, -0.2) is 14.8 Å². The molecule has 1 aromatic carbocycles. The summed E-state index contributed by atoms with van der Waals surface area (Å²) in [6.45, 7) is 0.575. The minimum Gasteiger partial charge on any atom is -0.424 e. The van der Waals surface area contributed by atoms with Crippen molar-refractivity contribution in [3.8, 4) is 11.8 Å². The molecule has 1 N–H and O–H groups in total. The number of pyridine rings is 1. The SMILES string of the molecule is O=C(Nc1ccc(Oc2ncccn2)cc1)N(Cc1ccncc1)C1CC1. The molecule has 0 spiro atoms. The quantitative estimate of drug-likeness (QED) is 0.721. The van der Waals surface area contributed by atoms with Crippen molar-refractivity contribution in [3.63, 3.8) is 0 Å². The molecule has 3 aromatic rings. The number of benzene rings is 1. The highest BCUT2D eigenvalue weighted by molar-refractivity contribution is 5.89. The summed E-state index contributed by atoms with van der Waals surface area (Å²) in [5.74, 6) is 0.607. The van der Waals surface area contributed by atoms with Crippen LogP contribution in [-0.4, -0.2) is 31.9 Å². The van der Waals surface area contributed by atoms with Crippen LogP contribution in [0.5, 0.6) is 11.8 Å². The van der Waals surface area contributed by atoms with E-state index in [1.54, 1.807) is 55.1 Å². The van der Waals surface area contributed by atoms with Crippen molar-refractivity contribution in [2.24, 2.45) is 0 Å². The molecule has 27 heavy (non-hydrogen) atoms. The topological polar surface area (TPSA) is 80.2 Å². The third-order valence-electron chi connectivity index (χ3n) is 4.21. The van der Waals surface area contributed by atoms with Crippen molar-refractivity contribution in [2.75, 3.05) is 5.32 Å². The average molecular weight is 361 g/mol. The molecule has 2 amide bonds. The van der Waals surface area contributed by atoms with E-state index in [9.17, 15) is 4.79 Å². The van der Waals surface area contributed by atoms with Gasteiger partial charge < -0.3 is 15.0 Å². The van der Waals surface area contributed by atoms with E-state index >= 15 is 0 Å². The van der Waals surface area contributed by atoms with Crippen LogP contribution in [0.4, 0.5) is 10.5 Å². The molecule has 7 heteroatoms. The Morgan fingerprint density at radius 1 is 1.04 bits per heavy atom. The van der Waals surface area contributed by atoms with E-state index in [2.05, 4.69) is 20.3 Å². The number of anilines is 1. The van der Waals surface area contributed by atoms with Gasteiger partial charge in [-0.15, -0.1) is 0 Å². The number of amides is 2. The van der Waals surface area contributed by atoms with E-state index in [1.165, 1.54) is 0 Å². The maximum Gasteiger partial charge on any atom is 0.322 e. The molecular weight excluding hydrogens is 342 g/mol. The smallest absolute Gasteiger partial charge is 0.322 e. The number of nitrogens with zero attached hydrogens (tertiary/aromatic N) is 4.